The van der Waals surface area contributed by atoms with Gasteiger partial charge in [0, 0.05) is 24.3 Å². The number of nitrogens with one attached hydrogen (secondary N) is 1. The fourth-order valence-corrected chi connectivity index (χ4v) is 1.56. The topological polar surface area (TPSA) is 93.4 Å². The first-order valence-electron chi connectivity index (χ1n) is 3.90. The summed E-state index contributed by atoms with van der Waals surface area (Å²) in [4.78, 5) is 12.0. The van der Waals surface area contributed by atoms with Gasteiger partial charge in [-0.05, 0) is 0 Å². The van der Waals surface area contributed by atoms with Gasteiger partial charge in [0.2, 0.25) is 11.1 Å². The number of thioether (sulfide) groups is 1. The monoisotopic (exact) mass is 208 g/mol. The number of H-pyrrole nitrogens is 1. The number of nitrogen functional groups attached to an aromatic ring is 1. The lowest BCUT2D eigenvalue weighted by Gasteiger charge is -1.94. The standard InChI is InChI=1S/C7H8N6S/c8-6-11-7(13-12-6)14-4-5-3-9-1-2-10-5/h1-3H,4H2,(H3,8,11,12,13). The van der Waals surface area contributed by atoms with Gasteiger partial charge in [-0.15, -0.1) is 5.10 Å². The van der Waals surface area contributed by atoms with Crippen LogP contribution in [0.3, 0.4) is 0 Å². The Bertz CT molecular complexity index is 400. The molecule has 2 rings (SSSR count). The van der Waals surface area contributed by atoms with Crippen LogP contribution in [0.4, 0.5) is 5.95 Å². The number of rotatable bonds is 3. The SMILES string of the molecule is Nc1nc(SCc2cnccn2)n[nH]1. The molecule has 0 saturated carbocycles. The molecule has 0 saturated heterocycles. The summed E-state index contributed by atoms with van der Waals surface area (Å²) < 4.78 is 0. The highest BCUT2D eigenvalue weighted by molar-refractivity contribution is 7.98. The van der Waals surface area contributed by atoms with E-state index in [0.717, 1.165) is 5.69 Å². The Hall–Kier alpha value is -1.63. The summed E-state index contributed by atoms with van der Waals surface area (Å²) >= 11 is 1.46. The molecule has 0 amide bonds. The molecule has 0 aliphatic heterocycles. The summed E-state index contributed by atoms with van der Waals surface area (Å²) in [5.74, 6) is 1.01. The average molecular weight is 208 g/mol. The molecule has 0 bridgehead atoms. The van der Waals surface area contributed by atoms with E-state index in [-0.39, 0.29) is 0 Å². The molecule has 0 atom stereocenters. The Balaban J connectivity index is 1.95. The molecule has 6 nitrogen and oxygen atoms in total. The fourth-order valence-electron chi connectivity index (χ4n) is 0.866. The summed E-state index contributed by atoms with van der Waals surface area (Å²) in [6.07, 6.45) is 5.00. The number of nitrogens with two attached hydrogens (primary N) is 1. The predicted octanol–water partition coefficient (Wildman–Crippen LogP) is 0.469. The van der Waals surface area contributed by atoms with Gasteiger partial charge in [0.15, 0.2) is 0 Å². The van der Waals surface area contributed by atoms with Crippen LogP contribution in [0.15, 0.2) is 23.7 Å². The normalized spacial score (nSPS) is 10.3. The second-order valence-electron chi connectivity index (χ2n) is 2.49. The molecule has 2 heterocycles. The van der Waals surface area contributed by atoms with Gasteiger partial charge in [-0.25, -0.2) is 5.10 Å². The zero-order valence-electron chi connectivity index (χ0n) is 7.21. The van der Waals surface area contributed by atoms with Crippen molar-refractivity contribution in [2.45, 2.75) is 10.9 Å². The van der Waals surface area contributed by atoms with Crippen LogP contribution in [0.25, 0.3) is 0 Å². The van der Waals surface area contributed by atoms with Crippen LogP contribution in [0.2, 0.25) is 0 Å². The maximum atomic E-state index is 5.38. The highest BCUT2D eigenvalue weighted by Gasteiger charge is 2.01. The van der Waals surface area contributed by atoms with Crippen LogP contribution in [-0.2, 0) is 5.75 Å². The van der Waals surface area contributed by atoms with Crippen molar-refractivity contribution in [3.63, 3.8) is 0 Å². The van der Waals surface area contributed by atoms with E-state index in [9.17, 15) is 0 Å². The molecule has 2 aromatic rings. The van der Waals surface area contributed by atoms with Gasteiger partial charge in [0.1, 0.15) is 0 Å². The lowest BCUT2D eigenvalue weighted by atomic mass is 10.5. The van der Waals surface area contributed by atoms with Crippen LogP contribution in [0.5, 0.6) is 0 Å². The van der Waals surface area contributed by atoms with Crippen LogP contribution < -0.4 is 5.73 Å². The minimum Gasteiger partial charge on any atom is -0.368 e. The fraction of sp³-hybridized carbons (Fsp3) is 0.143. The van der Waals surface area contributed by atoms with E-state index in [0.29, 0.717) is 16.9 Å². The number of aromatic nitrogens is 5. The van der Waals surface area contributed by atoms with Crippen LogP contribution in [0, 0.1) is 0 Å². The number of nitrogens with zero attached hydrogens (tertiary/aromatic N) is 4. The molecule has 0 spiro atoms. The third-order valence-electron chi connectivity index (χ3n) is 1.45. The van der Waals surface area contributed by atoms with Crippen molar-refractivity contribution in [2.24, 2.45) is 0 Å². The molecule has 0 aromatic carbocycles. The van der Waals surface area contributed by atoms with Gasteiger partial charge in [0.25, 0.3) is 0 Å². The maximum absolute atomic E-state index is 5.38. The van der Waals surface area contributed by atoms with Crippen molar-refractivity contribution in [1.82, 2.24) is 25.1 Å². The van der Waals surface area contributed by atoms with Crippen molar-refractivity contribution < 1.29 is 0 Å². The summed E-state index contributed by atoms with van der Waals surface area (Å²) in [7, 11) is 0. The molecule has 3 N–H and O–H groups in total. The number of hydrogen-bond donors (Lipinski definition) is 2. The second kappa shape index (κ2) is 4.05. The Labute approximate surface area is 84.4 Å². The average Bonchev–Trinajstić information content (AvgIpc) is 2.63. The minimum atomic E-state index is 0.326. The quantitative estimate of drug-likeness (QED) is 0.712. The van der Waals surface area contributed by atoms with E-state index >= 15 is 0 Å². The molecule has 72 valence electrons. The minimum absolute atomic E-state index is 0.326. The molecule has 0 fully saturated rings. The molecule has 14 heavy (non-hydrogen) atoms. The Morgan fingerprint density at radius 3 is 3.00 bits per heavy atom. The zero-order valence-corrected chi connectivity index (χ0v) is 8.03. The van der Waals surface area contributed by atoms with Crippen molar-refractivity contribution in [1.29, 1.82) is 0 Å². The first kappa shape index (κ1) is 8.95. The lowest BCUT2D eigenvalue weighted by Crippen LogP contribution is -1.88. The lowest BCUT2D eigenvalue weighted by molar-refractivity contribution is 0.970. The smallest absolute Gasteiger partial charge is 0.216 e. The van der Waals surface area contributed by atoms with E-state index in [2.05, 4.69) is 25.1 Å². The van der Waals surface area contributed by atoms with E-state index < -0.39 is 0 Å². The Morgan fingerprint density at radius 2 is 2.36 bits per heavy atom. The van der Waals surface area contributed by atoms with Crippen LogP contribution in [-0.4, -0.2) is 25.1 Å². The molecular formula is C7H8N6S. The van der Waals surface area contributed by atoms with Gasteiger partial charge >= 0.3 is 0 Å². The van der Waals surface area contributed by atoms with E-state index in [1.807, 2.05) is 0 Å². The van der Waals surface area contributed by atoms with Crippen molar-refractivity contribution >= 4 is 17.7 Å². The van der Waals surface area contributed by atoms with Gasteiger partial charge < -0.3 is 5.73 Å². The highest BCUT2D eigenvalue weighted by Crippen LogP contribution is 2.17. The zero-order chi connectivity index (χ0) is 9.80. The van der Waals surface area contributed by atoms with Gasteiger partial charge in [0.05, 0.1) is 5.69 Å². The largest absolute Gasteiger partial charge is 0.368 e. The molecule has 2 aromatic heterocycles. The molecule has 7 heteroatoms. The number of anilines is 1. The molecular weight excluding hydrogens is 200 g/mol. The third-order valence-corrected chi connectivity index (χ3v) is 2.33. The summed E-state index contributed by atoms with van der Waals surface area (Å²) in [6, 6.07) is 0. The number of aromatic amines is 1. The van der Waals surface area contributed by atoms with Crippen molar-refractivity contribution in [2.75, 3.05) is 5.73 Å². The van der Waals surface area contributed by atoms with E-state index in [4.69, 9.17) is 5.73 Å². The first-order chi connectivity index (χ1) is 6.84. The van der Waals surface area contributed by atoms with Crippen LogP contribution in [0.1, 0.15) is 5.69 Å². The highest BCUT2D eigenvalue weighted by atomic mass is 32.2. The summed E-state index contributed by atoms with van der Waals surface area (Å²) in [5.41, 5.74) is 6.27. The molecule has 0 radical (unpaired) electrons. The Morgan fingerprint density at radius 1 is 1.43 bits per heavy atom. The van der Waals surface area contributed by atoms with Crippen molar-refractivity contribution in [3.8, 4) is 0 Å². The predicted molar refractivity (Wildman–Crippen MR) is 52.4 cm³/mol. The molecule has 0 unspecified atom stereocenters. The maximum Gasteiger partial charge on any atom is 0.216 e. The van der Waals surface area contributed by atoms with Gasteiger partial charge in [-0.2, -0.15) is 4.98 Å². The summed E-state index contributed by atoms with van der Waals surface area (Å²) in [6.45, 7) is 0. The van der Waals surface area contributed by atoms with E-state index in [1.165, 1.54) is 11.8 Å². The van der Waals surface area contributed by atoms with E-state index in [1.54, 1.807) is 18.6 Å². The van der Waals surface area contributed by atoms with Crippen molar-refractivity contribution in [3.05, 3.63) is 24.3 Å². The molecule has 0 aliphatic carbocycles. The third kappa shape index (κ3) is 2.19. The van der Waals surface area contributed by atoms with Crippen LogP contribution >= 0.6 is 11.8 Å². The number of hydrogen-bond acceptors (Lipinski definition) is 6. The Kier molecular flexibility index (Phi) is 2.59. The molecule has 0 aliphatic rings. The van der Waals surface area contributed by atoms with Gasteiger partial charge in [-0.3, -0.25) is 9.97 Å². The van der Waals surface area contributed by atoms with Gasteiger partial charge in [-0.1, -0.05) is 11.8 Å². The first-order valence-corrected chi connectivity index (χ1v) is 4.89. The second-order valence-corrected chi connectivity index (χ2v) is 3.43. The summed E-state index contributed by atoms with van der Waals surface area (Å²) in [5, 5.41) is 7.07.